The highest BCUT2D eigenvalue weighted by Gasteiger charge is 2.36. The average Bonchev–Trinajstić information content (AvgIpc) is 3.10. The Morgan fingerprint density at radius 2 is 1.73 bits per heavy atom. The number of ether oxygens (including phenoxy) is 3. The van der Waals surface area contributed by atoms with Gasteiger partial charge in [-0.25, -0.2) is 5.43 Å². The predicted octanol–water partition coefficient (Wildman–Crippen LogP) is 2.97. The van der Waals surface area contributed by atoms with Crippen molar-refractivity contribution in [2.24, 2.45) is 0 Å². The van der Waals surface area contributed by atoms with Crippen LogP contribution in [0.2, 0.25) is 0 Å². The normalized spacial score (nSPS) is 21.7. The number of hydrazine groups is 1. The zero-order valence-corrected chi connectivity index (χ0v) is 18.0. The van der Waals surface area contributed by atoms with E-state index in [-0.39, 0.29) is 24.0 Å². The molecule has 30 heavy (non-hydrogen) atoms. The number of carbonyl (C=O) groups excluding carboxylic acids is 1. The standard InChI is InChI=1S/C23H31N3O4/c1-5-28-19-13-12-17(14-20(19)29-6-2)21-15(3)25-26-22(21)24-23(27)16(4)30-18-10-8-7-9-11-18/h7-16,21-22,25-26H,5-6H2,1-4H3,(H,24,27). The highest BCUT2D eigenvalue weighted by Crippen LogP contribution is 2.34. The quantitative estimate of drug-likeness (QED) is 0.587. The molecular weight excluding hydrogens is 382 g/mol. The van der Waals surface area contributed by atoms with Crippen molar-refractivity contribution in [2.75, 3.05) is 13.2 Å². The van der Waals surface area contributed by atoms with Crippen LogP contribution in [0, 0.1) is 0 Å². The zero-order chi connectivity index (χ0) is 21.5. The van der Waals surface area contributed by atoms with Crippen molar-refractivity contribution in [3.63, 3.8) is 0 Å². The fourth-order valence-electron chi connectivity index (χ4n) is 3.60. The number of para-hydroxylation sites is 1. The summed E-state index contributed by atoms with van der Waals surface area (Å²) < 4.78 is 17.2. The molecule has 1 saturated heterocycles. The summed E-state index contributed by atoms with van der Waals surface area (Å²) in [6, 6.07) is 15.4. The maximum Gasteiger partial charge on any atom is 0.262 e. The molecule has 0 radical (unpaired) electrons. The molecule has 7 nitrogen and oxygen atoms in total. The molecular formula is C23H31N3O4. The maximum absolute atomic E-state index is 12.7. The number of hydrogen-bond donors (Lipinski definition) is 3. The molecule has 1 aliphatic heterocycles. The van der Waals surface area contributed by atoms with Gasteiger partial charge in [-0.1, -0.05) is 24.3 Å². The molecule has 0 saturated carbocycles. The van der Waals surface area contributed by atoms with Crippen LogP contribution in [0.3, 0.4) is 0 Å². The van der Waals surface area contributed by atoms with Gasteiger partial charge in [-0.3, -0.25) is 10.2 Å². The molecule has 4 unspecified atom stereocenters. The summed E-state index contributed by atoms with van der Waals surface area (Å²) in [5, 5.41) is 3.06. The van der Waals surface area contributed by atoms with Gasteiger partial charge in [0, 0.05) is 12.0 Å². The monoisotopic (exact) mass is 413 g/mol. The first-order valence-corrected chi connectivity index (χ1v) is 10.5. The van der Waals surface area contributed by atoms with Crippen LogP contribution in [0.5, 0.6) is 17.2 Å². The van der Waals surface area contributed by atoms with Crippen LogP contribution in [0.15, 0.2) is 48.5 Å². The highest BCUT2D eigenvalue weighted by atomic mass is 16.5. The Morgan fingerprint density at radius 1 is 1.03 bits per heavy atom. The lowest BCUT2D eigenvalue weighted by Crippen LogP contribution is -2.50. The third kappa shape index (κ3) is 5.23. The molecule has 0 bridgehead atoms. The molecule has 0 aliphatic carbocycles. The van der Waals surface area contributed by atoms with E-state index in [4.69, 9.17) is 14.2 Å². The molecule has 1 heterocycles. The van der Waals surface area contributed by atoms with E-state index in [1.807, 2.05) is 62.4 Å². The summed E-state index contributed by atoms with van der Waals surface area (Å²) in [7, 11) is 0. The van der Waals surface area contributed by atoms with E-state index in [2.05, 4.69) is 23.1 Å². The molecule has 7 heteroatoms. The topological polar surface area (TPSA) is 80.9 Å². The Labute approximate surface area is 178 Å². The lowest BCUT2D eigenvalue weighted by Gasteiger charge is -2.25. The van der Waals surface area contributed by atoms with Crippen molar-refractivity contribution in [3.05, 3.63) is 54.1 Å². The Morgan fingerprint density at radius 3 is 2.43 bits per heavy atom. The van der Waals surface area contributed by atoms with Crippen LogP contribution in [0.1, 0.15) is 39.2 Å². The Bertz CT molecular complexity index is 830. The number of hydrogen-bond acceptors (Lipinski definition) is 6. The number of rotatable bonds is 9. The Hall–Kier alpha value is -2.77. The molecule has 3 N–H and O–H groups in total. The van der Waals surface area contributed by atoms with Crippen molar-refractivity contribution in [2.45, 2.75) is 51.9 Å². The second-order valence-corrected chi connectivity index (χ2v) is 7.23. The second kappa shape index (κ2) is 10.3. The van der Waals surface area contributed by atoms with Gasteiger partial charge in [-0.05, 0) is 57.5 Å². The van der Waals surface area contributed by atoms with Gasteiger partial charge < -0.3 is 19.5 Å². The van der Waals surface area contributed by atoms with Crippen molar-refractivity contribution >= 4 is 5.91 Å². The van der Waals surface area contributed by atoms with Crippen LogP contribution in [-0.4, -0.2) is 37.4 Å². The van der Waals surface area contributed by atoms with Crippen LogP contribution < -0.4 is 30.4 Å². The number of carbonyl (C=O) groups is 1. The summed E-state index contributed by atoms with van der Waals surface area (Å²) >= 11 is 0. The van der Waals surface area contributed by atoms with Gasteiger partial charge in [0.15, 0.2) is 17.6 Å². The fourth-order valence-corrected chi connectivity index (χ4v) is 3.60. The van der Waals surface area contributed by atoms with Crippen molar-refractivity contribution in [1.29, 1.82) is 0 Å². The van der Waals surface area contributed by atoms with Crippen LogP contribution >= 0.6 is 0 Å². The summed E-state index contributed by atoms with van der Waals surface area (Å²) in [6.07, 6.45) is -0.910. The van der Waals surface area contributed by atoms with E-state index >= 15 is 0 Å². The summed E-state index contributed by atoms with van der Waals surface area (Å²) in [4.78, 5) is 12.7. The lowest BCUT2D eigenvalue weighted by atomic mass is 9.91. The van der Waals surface area contributed by atoms with E-state index in [9.17, 15) is 4.79 Å². The van der Waals surface area contributed by atoms with Crippen molar-refractivity contribution in [3.8, 4) is 17.2 Å². The van der Waals surface area contributed by atoms with Gasteiger partial charge in [0.1, 0.15) is 11.9 Å². The smallest absolute Gasteiger partial charge is 0.262 e. The molecule has 162 valence electrons. The minimum absolute atomic E-state index is 0.00718. The second-order valence-electron chi connectivity index (χ2n) is 7.23. The number of amides is 1. The first kappa shape index (κ1) is 21.9. The van der Waals surface area contributed by atoms with Crippen LogP contribution in [0.4, 0.5) is 0 Å². The predicted molar refractivity (Wildman–Crippen MR) is 116 cm³/mol. The van der Waals surface area contributed by atoms with Gasteiger partial charge >= 0.3 is 0 Å². The van der Waals surface area contributed by atoms with Crippen molar-refractivity contribution < 1.29 is 19.0 Å². The Balaban J connectivity index is 1.73. The van der Waals surface area contributed by atoms with Gasteiger partial charge in [-0.2, -0.15) is 0 Å². The SMILES string of the molecule is CCOc1ccc(C2C(C)NNC2NC(=O)C(C)Oc2ccccc2)cc1OCC. The van der Waals surface area contributed by atoms with E-state index in [0.29, 0.717) is 24.7 Å². The first-order chi connectivity index (χ1) is 14.5. The van der Waals surface area contributed by atoms with E-state index in [1.165, 1.54) is 0 Å². The maximum atomic E-state index is 12.7. The summed E-state index contributed by atoms with van der Waals surface area (Å²) in [6.45, 7) is 8.83. The zero-order valence-electron chi connectivity index (χ0n) is 18.0. The molecule has 3 rings (SSSR count). The largest absolute Gasteiger partial charge is 0.490 e. The lowest BCUT2D eigenvalue weighted by molar-refractivity contribution is -0.128. The van der Waals surface area contributed by atoms with Crippen LogP contribution in [-0.2, 0) is 4.79 Å². The van der Waals surface area contributed by atoms with E-state index in [1.54, 1.807) is 6.92 Å². The van der Waals surface area contributed by atoms with Crippen molar-refractivity contribution in [1.82, 2.24) is 16.2 Å². The Kier molecular flexibility index (Phi) is 7.54. The van der Waals surface area contributed by atoms with Gasteiger partial charge in [0.2, 0.25) is 0 Å². The average molecular weight is 414 g/mol. The summed E-state index contributed by atoms with van der Waals surface area (Å²) in [5.41, 5.74) is 7.46. The highest BCUT2D eigenvalue weighted by molar-refractivity contribution is 5.81. The molecule has 0 spiro atoms. The third-order valence-corrected chi connectivity index (χ3v) is 5.04. The molecule has 2 aromatic carbocycles. The molecule has 1 amide bonds. The van der Waals surface area contributed by atoms with E-state index < -0.39 is 6.10 Å². The van der Waals surface area contributed by atoms with Gasteiger partial charge in [0.25, 0.3) is 5.91 Å². The number of benzene rings is 2. The van der Waals surface area contributed by atoms with Gasteiger partial charge in [0.05, 0.1) is 13.2 Å². The summed E-state index contributed by atoms with van der Waals surface area (Å²) in [5.74, 6) is 1.92. The first-order valence-electron chi connectivity index (χ1n) is 10.5. The minimum Gasteiger partial charge on any atom is -0.490 e. The van der Waals surface area contributed by atoms with Crippen LogP contribution in [0.25, 0.3) is 0 Å². The molecule has 4 atom stereocenters. The minimum atomic E-state index is -0.620. The number of nitrogens with one attached hydrogen (secondary N) is 3. The molecule has 0 aromatic heterocycles. The molecule has 1 fully saturated rings. The molecule has 1 aliphatic rings. The fraction of sp³-hybridized carbons (Fsp3) is 0.435. The molecule has 2 aromatic rings. The van der Waals surface area contributed by atoms with Gasteiger partial charge in [-0.15, -0.1) is 0 Å². The van der Waals surface area contributed by atoms with E-state index in [0.717, 1.165) is 11.3 Å². The third-order valence-electron chi connectivity index (χ3n) is 5.04.